The number of nitrogens with zero attached hydrogens (tertiary/aromatic N) is 2. The predicted octanol–water partition coefficient (Wildman–Crippen LogP) is 5.52. The molecule has 0 aliphatic rings. The maximum Gasteiger partial charge on any atom is 0.416 e. The van der Waals surface area contributed by atoms with Gasteiger partial charge < -0.3 is 10.6 Å². The summed E-state index contributed by atoms with van der Waals surface area (Å²) in [5, 5.41) is 5.59. The Morgan fingerprint density at radius 3 is 2.61 bits per heavy atom. The van der Waals surface area contributed by atoms with Crippen molar-refractivity contribution in [2.24, 2.45) is 0 Å². The summed E-state index contributed by atoms with van der Waals surface area (Å²) in [6.07, 6.45) is 5.05. The number of nitrogens with one attached hydrogen (secondary N) is 2. The van der Waals surface area contributed by atoms with Gasteiger partial charge in [-0.3, -0.25) is 4.79 Å². The minimum atomic E-state index is -4.47. The van der Waals surface area contributed by atoms with Crippen LogP contribution < -0.4 is 10.6 Å². The van der Waals surface area contributed by atoms with Crippen LogP contribution in [0.2, 0.25) is 0 Å². The van der Waals surface area contributed by atoms with E-state index in [9.17, 15) is 18.0 Å². The van der Waals surface area contributed by atoms with Gasteiger partial charge in [0.15, 0.2) is 0 Å². The maximum atomic E-state index is 12.8. The number of benzene rings is 1. The Hall–Kier alpha value is -2.64. The molecule has 2 rings (SSSR count). The van der Waals surface area contributed by atoms with Gasteiger partial charge in [-0.15, -0.1) is 0 Å². The molecule has 1 amide bonds. The predicted molar refractivity (Wildman–Crippen MR) is 103 cm³/mol. The second-order valence-electron chi connectivity index (χ2n) is 6.51. The van der Waals surface area contributed by atoms with Crippen molar-refractivity contribution in [2.45, 2.75) is 51.6 Å². The van der Waals surface area contributed by atoms with E-state index in [1.165, 1.54) is 50.3 Å². The summed E-state index contributed by atoms with van der Waals surface area (Å²) in [5.74, 6) is -0.196. The van der Waals surface area contributed by atoms with Gasteiger partial charge in [0.25, 0.3) is 5.91 Å². The molecule has 0 spiro atoms. The summed E-state index contributed by atoms with van der Waals surface area (Å²) in [6.45, 7) is 2.83. The van der Waals surface area contributed by atoms with Crippen molar-refractivity contribution in [3.63, 3.8) is 0 Å². The molecular weight excluding hydrogens is 369 g/mol. The van der Waals surface area contributed by atoms with E-state index in [1.54, 1.807) is 0 Å². The zero-order chi connectivity index (χ0) is 20.4. The molecule has 0 saturated heterocycles. The SMILES string of the molecule is CCCCCCCCNc1ncncc1C(=O)Nc1cccc(C(F)(F)F)c1. The Labute approximate surface area is 162 Å². The van der Waals surface area contributed by atoms with E-state index in [0.29, 0.717) is 12.4 Å². The molecule has 0 atom stereocenters. The van der Waals surface area contributed by atoms with Crippen LogP contribution in [0.25, 0.3) is 0 Å². The average Bonchev–Trinajstić information content (AvgIpc) is 2.67. The fourth-order valence-electron chi connectivity index (χ4n) is 2.72. The highest BCUT2D eigenvalue weighted by Crippen LogP contribution is 2.30. The van der Waals surface area contributed by atoms with Gasteiger partial charge in [0.1, 0.15) is 17.7 Å². The molecule has 5 nitrogen and oxygen atoms in total. The van der Waals surface area contributed by atoms with E-state index in [1.807, 2.05) is 0 Å². The number of alkyl halides is 3. The van der Waals surface area contributed by atoms with Crippen LogP contribution in [0.3, 0.4) is 0 Å². The van der Waals surface area contributed by atoms with Crippen LogP contribution in [0.5, 0.6) is 0 Å². The van der Waals surface area contributed by atoms with Crippen LogP contribution in [-0.4, -0.2) is 22.4 Å². The van der Waals surface area contributed by atoms with Crippen molar-refractivity contribution >= 4 is 17.4 Å². The lowest BCUT2D eigenvalue weighted by molar-refractivity contribution is -0.137. The third-order valence-electron chi connectivity index (χ3n) is 4.23. The molecule has 8 heteroatoms. The molecular formula is C20H25F3N4O. The highest BCUT2D eigenvalue weighted by atomic mass is 19.4. The van der Waals surface area contributed by atoms with Crippen molar-refractivity contribution in [2.75, 3.05) is 17.2 Å². The number of rotatable bonds is 10. The molecule has 0 saturated carbocycles. The van der Waals surface area contributed by atoms with Crippen molar-refractivity contribution in [3.05, 3.63) is 47.9 Å². The average molecular weight is 394 g/mol. The number of hydrogen-bond acceptors (Lipinski definition) is 4. The number of unbranched alkanes of at least 4 members (excludes halogenated alkanes) is 5. The van der Waals surface area contributed by atoms with Gasteiger partial charge in [-0.1, -0.05) is 45.1 Å². The standard InChI is InChI=1S/C20H25F3N4O/c1-2-3-4-5-6-7-11-25-18-17(13-24-14-26-18)19(28)27-16-10-8-9-15(12-16)20(21,22)23/h8-10,12-14H,2-7,11H2,1H3,(H,27,28)(H,24,25,26). The Morgan fingerprint density at radius 1 is 1.11 bits per heavy atom. The number of aromatic nitrogens is 2. The molecule has 0 fully saturated rings. The zero-order valence-electron chi connectivity index (χ0n) is 15.9. The van der Waals surface area contributed by atoms with Crippen LogP contribution in [0.15, 0.2) is 36.8 Å². The molecule has 0 aliphatic heterocycles. The first-order valence-corrected chi connectivity index (χ1v) is 9.44. The Kier molecular flexibility index (Phi) is 8.22. The van der Waals surface area contributed by atoms with Gasteiger partial charge in [-0.2, -0.15) is 13.2 Å². The van der Waals surface area contributed by atoms with Gasteiger partial charge >= 0.3 is 6.18 Å². The molecule has 1 heterocycles. The Morgan fingerprint density at radius 2 is 1.86 bits per heavy atom. The smallest absolute Gasteiger partial charge is 0.369 e. The van der Waals surface area contributed by atoms with E-state index in [4.69, 9.17) is 0 Å². The van der Waals surface area contributed by atoms with Crippen molar-refractivity contribution in [1.82, 2.24) is 9.97 Å². The molecule has 0 aliphatic carbocycles. The summed E-state index contributed by atoms with van der Waals surface area (Å²) in [5.41, 5.74) is -0.576. The van der Waals surface area contributed by atoms with Gasteiger partial charge in [0.2, 0.25) is 0 Å². The van der Waals surface area contributed by atoms with Gasteiger partial charge in [-0.25, -0.2) is 9.97 Å². The number of halogens is 3. The van der Waals surface area contributed by atoms with Gasteiger partial charge in [0.05, 0.1) is 5.56 Å². The number of amides is 1. The number of carbonyl (C=O) groups is 1. The lowest BCUT2D eigenvalue weighted by Gasteiger charge is -2.12. The lowest BCUT2D eigenvalue weighted by Crippen LogP contribution is -2.17. The van der Waals surface area contributed by atoms with Gasteiger partial charge in [0, 0.05) is 18.4 Å². The van der Waals surface area contributed by atoms with Crippen LogP contribution in [-0.2, 0) is 6.18 Å². The third kappa shape index (κ3) is 6.83. The highest BCUT2D eigenvalue weighted by molar-refractivity contribution is 6.07. The van der Waals surface area contributed by atoms with Crippen LogP contribution >= 0.6 is 0 Å². The molecule has 0 bridgehead atoms. The molecule has 2 N–H and O–H groups in total. The Bertz CT molecular complexity index is 765. The minimum Gasteiger partial charge on any atom is -0.369 e. The summed E-state index contributed by atoms with van der Waals surface area (Å²) in [7, 11) is 0. The second-order valence-corrected chi connectivity index (χ2v) is 6.51. The fourth-order valence-corrected chi connectivity index (χ4v) is 2.72. The van der Waals surface area contributed by atoms with Crippen molar-refractivity contribution in [1.29, 1.82) is 0 Å². The maximum absolute atomic E-state index is 12.8. The summed E-state index contributed by atoms with van der Waals surface area (Å²) in [4.78, 5) is 20.4. The quantitative estimate of drug-likeness (QED) is 0.521. The van der Waals surface area contributed by atoms with E-state index in [2.05, 4.69) is 27.5 Å². The van der Waals surface area contributed by atoms with Crippen LogP contribution in [0.1, 0.15) is 61.4 Å². The first kappa shape index (κ1) is 21.7. The second kappa shape index (κ2) is 10.6. The van der Waals surface area contributed by atoms with Crippen molar-refractivity contribution in [3.8, 4) is 0 Å². The van der Waals surface area contributed by atoms with Crippen LogP contribution in [0.4, 0.5) is 24.7 Å². The molecule has 2 aromatic rings. The van der Waals surface area contributed by atoms with E-state index >= 15 is 0 Å². The Balaban J connectivity index is 1.95. The number of hydrogen-bond donors (Lipinski definition) is 2. The molecule has 0 unspecified atom stereocenters. The van der Waals surface area contributed by atoms with E-state index in [0.717, 1.165) is 25.0 Å². The number of carbonyl (C=O) groups excluding carboxylic acids is 1. The van der Waals surface area contributed by atoms with Crippen LogP contribution in [0, 0.1) is 0 Å². The molecule has 1 aromatic heterocycles. The third-order valence-corrected chi connectivity index (χ3v) is 4.23. The van der Waals surface area contributed by atoms with E-state index in [-0.39, 0.29) is 11.3 Å². The van der Waals surface area contributed by atoms with Gasteiger partial charge in [-0.05, 0) is 24.6 Å². The monoisotopic (exact) mass is 394 g/mol. The van der Waals surface area contributed by atoms with Crippen molar-refractivity contribution < 1.29 is 18.0 Å². The minimum absolute atomic E-state index is 0.0607. The topological polar surface area (TPSA) is 66.9 Å². The highest BCUT2D eigenvalue weighted by Gasteiger charge is 2.30. The summed E-state index contributed by atoms with van der Waals surface area (Å²) < 4.78 is 38.5. The summed E-state index contributed by atoms with van der Waals surface area (Å²) in [6, 6.07) is 4.50. The lowest BCUT2D eigenvalue weighted by atomic mass is 10.1. The first-order chi connectivity index (χ1) is 13.4. The number of anilines is 2. The van der Waals surface area contributed by atoms with E-state index < -0.39 is 17.6 Å². The largest absolute Gasteiger partial charge is 0.416 e. The fraction of sp³-hybridized carbons (Fsp3) is 0.450. The normalized spacial score (nSPS) is 11.3. The molecule has 28 heavy (non-hydrogen) atoms. The summed E-state index contributed by atoms with van der Waals surface area (Å²) >= 11 is 0. The zero-order valence-corrected chi connectivity index (χ0v) is 15.9. The molecule has 1 aromatic carbocycles. The molecule has 152 valence electrons. The molecule has 0 radical (unpaired) electrons. The first-order valence-electron chi connectivity index (χ1n) is 9.44.